The summed E-state index contributed by atoms with van der Waals surface area (Å²) in [6, 6.07) is 15.5. The normalized spacial score (nSPS) is 12.1. The number of nitrogens with zero attached hydrogens (tertiary/aromatic N) is 2. The lowest BCUT2D eigenvalue weighted by Gasteiger charge is -2.13. The first kappa shape index (κ1) is 16.3. The topological polar surface area (TPSA) is 46.4 Å². The Morgan fingerprint density at radius 3 is 2.78 bits per heavy atom. The van der Waals surface area contributed by atoms with E-state index in [9.17, 15) is 4.79 Å². The van der Waals surface area contributed by atoms with Crippen molar-refractivity contribution < 1.29 is 0 Å². The zero-order chi connectivity index (χ0) is 18.7. The van der Waals surface area contributed by atoms with Crippen LogP contribution in [0.25, 0.3) is 38.2 Å². The quantitative estimate of drug-likeness (QED) is 0.464. The minimum Gasteiger partial charge on any atom is -0.385 e. The van der Waals surface area contributed by atoms with E-state index in [1.54, 1.807) is 16.5 Å². The van der Waals surface area contributed by atoms with Crippen molar-refractivity contribution in [2.75, 3.05) is 11.9 Å². The summed E-state index contributed by atoms with van der Waals surface area (Å²) in [5, 5.41) is 7.80. The third-order valence-corrected chi connectivity index (χ3v) is 5.22. The van der Waals surface area contributed by atoms with Crippen LogP contribution in [0.15, 0.2) is 53.3 Å². The Morgan fingerprint density at radius 1 is 1.11 bits per heavy atom. The molecule has 2 aromatic heterocycles. The maximum absolute atomic E-state index is 13.2. The van der Waals surface area contributed by atoms with Gasteiger partial charge in [0.15, 0.2) is 0 Å². The molecule has 3 aromatic carbocycles. The summed E-state index contributed by atoms with van der Waals surface area (Å²) in [5.74, 6) is 0.539. The van der Waals surface area contributed by atoms with Crippen LogP contribution in [-0.4, -0.2) is 15.9 Å². The number of rotatable bonds is 3. The lowest BCUT2D eigenvalue weighted by molar-refractivity contribution is 0.689. The van der Waals surface area contributed by atoms with Crippen LogP contribution in [0.2, 0.25) is 5.02 Å². The van der Waals surface area contributed by atoms with E-state index in [1.807, 2.05) is 24.3 Å². The number of imidazole rings is 1. The number of pyridine rings is 1. The number of aromatic nitrogens is 2. The first-order valence-corrected chi connectivity index (χ1v) is 9.44. The molecule has 0 saturated carbocycles. The number of benzene rings is 3. The van der Waals surface area contributed by atoms with Gasteiger partial charge in [-0.15, -0.1) is 0 Å². The molecule has 0 aliphatic rings. The van der Waals surface area contributed by atoms with E-state index in [0.717, 1.165) is 39.4 Å². The number of fused-ring (bicyclic) bond motifs is 4. The molecule has 5 heteroatoms. The molecule has 2 heterocycles. The SMILES string of the molecule is CC(C)CNc1cc2cccc3c(=O)n4c5ccc(Cl)cc5nc4c(c1)c23. The van der Waals surface area contributed by atoms with Gasteiger partial charge in [-0.25, -0.2) is 4.98 Å². The minimum absolute atomic E-state index is 0.0455. The van der Waals surface area contributed by atoms with Gasteiger partial charge < -0.3 is 5.32 Å². The molecule has 0 unspecified atom stereocenters. The highest BCUT2D eigenvalue weighted by molar-refractivity contribution is 6.31. The number of nitrogens with one attached hydrogen (secondary N) is 1. The van der Waals surface area contributed by atoms with E-state index in [1.165, 1.54) is 0 Å². The third kappa shape index (κ3) is 2.44. The van der Waals surface area contributed by atoms with E-state index in [-0.39, 0.29) is 5.56 Å². The minimum atomic E-state index is -0.0455. The van der Waals surface area contributed by atoms with Gasteiger partial charge in [0.1, 0.15) is 5.65 Å². The second kappa shape index (κ2) is 5.83. The molecule has 4 nitrogen and oxygen atoms in total. The molecule has 5 aromatic rings. The highest BCUT2D eigenvalue weighted by Gasteiger charge is 2.17. The van der Waals surface area contributed by atoms with Gasteiger partial charge in [-0.1, -0.05) is 37.6 Å². The summed E-state index contributed by atoms with van der Waals surface area (Å²) < 4.78 is 1.70. The van der Waals surface area contributed by atoms with Gasteiger partial charge in [0, 0.05) is 33.4 Å². The highest BCUT2D eigenvalue weighted by Crippen LogP contribution is 2.32. The Kier molecular flexibility index (Phi) is 3.52. The molecular formula is C22H18ClN3O. The van der Waals surface area contributed by atoms with Gasteiger partial charge in [-0.05, 0) is 47.7 Å². The highest BCUT2D eigenvalue weighted by atomic mass is 35.5. The second-order valence-electron chi connectivity index (χ2n) is 7.41. The Morgan fingerprint density at radius 2 is 1.96 bits per heavy atom. The van der Waals surface area contributed by atoms with Crippen LogP contribution in [0.5, 0.6) is 0 Å². The maximum atomic E-state index is 13.2. The molecule has 0 amide bonds. The lowest BCUT2D eigenvalue weighted by Crippen LogP contribution is -2.13. The van der Waals surface area contributed by atoms with Crippen molar-refractivity contribution in [1.82, 2.24) is 9.38 Å². The van der Waals surface area contributed by atoms with Gasteiger partial charge >= 0.3 is 0 Å². The van der Waals surface area contributed by atoms with E-state index < -0.39 is 0 Å². The second-order valence-corrected chi connectivity index (χ2v) is 7.85. The lowest BCUT2D eigenvalue weighted by atomic mass is 10.0. The first-order valence-electron chi connectivity index (χ1n) is 9.06. The van der Waals surface area contributed by atoms with Gasteiger partial charge in [0.2, 0.25) is 0 Å². The van der Waals surface area contributed by atoms with Crippen LogP contribution < -0.4 is 10.9 Å². The molecule has 5 rings (SSSR count). The number of hydrogen-bond donors (Lipinski definition) is 1. The average Bonchev–Trinajstić information content (AvgIpc) is 3.02. The van der Waals surface area contributed by atoms with Gasteiger partial charge in [0.05, 0.1) is 11.0 Å². The molecule has 0 bridgehead atoms. The molecule has 0 saturated heterocycles. The first-order chi connectivity index (χ1) is 13.0. The molecular weight excluding hydrogens is 358 g/mol. The Labute approximate surface area is 160 Å². The zero-order valence-electron chi connectivity index (χ0n) is 15.1. The number of hydrogen-bond acceptors (Lipinski definition) is 3. The smallest absolute Gasteiger partial charge is 0.264 e. The van der Waals surface area contributed by atoms with Crippen molar-refractivity contribution in [1.29, 1.82) is 0 Å². The zero-order valence-corrected chi connectivity index (χ0v) is 15.8. The van der Waals surface area contributed by atoms with Crippen molar-refractivity contribution in [2.24, 2.45) is 5.92 Å². The monoisotopic (exact) mass is 375 g/mol. The summed E-state index contributed by atoms with van der Waals surface area (Å²) in [6.45, 7) is 5.24. The van der Waals surface area contributed by atoms with Crippen molar-refractivity contribution >= 4 is 55.5 Å². The predicted molar refractivity (Wildman–Crippen MR) is 114 cm³/mol. The summed E-state index contributed by atoms with van der Waals surface area (Å²) in [6.07, 6.45) is 0. The van der Waals surface area contributed by atoms with Gasteiger partial charge in [0.25, 0.3) is 5.56 Å². The van der Waals surface area contributed by atoms with Crippen LogP contribution in [0.4, 0.5) is 5.69 Å². The fourth-order valence-corrected chi connectivity index (χ4v) is 3.93. The van der Waals surface area contributed by atoms with Crippen LogP contribution >= 0.6 is 11.6 Å². The van der Waals surface area contributed by atoms with Gasteiger partial charge in [-0.3, -0.25) is 9.20 Å². The van der Waals surface area contributed by atoms with E-state index >= 15 is 0 Å². The average molecular weight is 376 g/mol. The molecule has 0 fully saturated rings. The van der Waals surface area contributed by atoms with Crippen molar-refractivity contribution in [3.05, 3.63) is 63.9 Å². The molecule has 0 atom stereocenters. The van der Waals surface area contributed by atoms with Crippen LogP contribution in [0, 0.1) is 5.92 Å². The van der Waals surface area contributed by atoms with Gasteiger partial charge in [-0.2, -0.15) is 0 Å². The molecule has 27 heavy (non-hydrogen) atoms. The summed E-state index contributed by atoms with van der Waals surface area (Å²) in [4.78, 5) is 18.0. The fourth-order valence-electron chi connectivity index (χ4n) is 3.77. The fraction of sp³-hybridized carbons (Fsp3) is 0.182. The largest absolute Gasteiger partial charge is 0.385 e. The molecule has 1 N–H and O–H groups in total. The van der Waals surface area contributed by atoms with Crippen LogP contribution in [-0.2, 0) is 0 Å². The number of halogens is 1. The summed E-state index contributed by atoms with van der Waals surface area (Å²) in [7, 11) is 0. The van der Waals surface area contributed by atoms with Crippen molar-refractivity contribution in [3.63, 3.8) is 0 Å². The summed E-state index contributed by atoms with van der Waals surface area (Å²) in [5.41, 5.74) is 3.18. The van der Waals surface area contributed by atoms with Crippen LogP contribution in [0.1, 0.15) is 13.8 Å². The molecule has 0 spiro atoms. The number of anilines is 1. The van der Waals surface area contributed by atoms with E-state index in [0.29, 0.717) is 22.0 Å². The van der Waals surface area contributed by atoms with E-state index in [4.69, 9.17) is 16.6 Å². The van der Waals surface area contributed by atoms with Crippen molar-refractivity contribution in [2.45, 2.75) is 13.8 Å². The van der Waals surface area contributed by atoms with Crippen LogP contribution in [0.3, 0.4) is 0 Å². The Balaban J connectivity index is 1.95. The molecule has 134 valence electrons. The van der Waals surface area contributed by atoms with E-state index in [2.05, 4.69) is 31.3 Å². The molecule has 0 aliphatic carbocycles. The molecule has 0 aliphatic heterocycles. The Hall–Kier alpha value is -2.85. The molecule has 0 radical (unpaired) electrons. The summed E-state index contributed by atoms with van der Waals surface area (Å²) >= 11 is 6.14. The Bertz CT molecular complexity index is 1390. The predicted octanol–water partition coefficient (Wildman–Crippen LogP) is 5.31. The maximum Gasteiger partial charge on any atom is 0.264 e. The third-order valence-electron chi connectivity index (χ3n) is 4.98. The standard InChI is InChI=1S/C22H18ClN3O/c1-12(2)11-24-15-8-13-4-3-5-16-20(13)17(10-15)21-25-18-9-14(23)6-7-19(18)26(21)22(16)27/h3-10,12,24H,11H2,1-2H3. The van der Waals surface area contributed by atoms with Crippen molar-refractivity contribution in [3.8, 4) is 0 Å².